The van der Waals surface area contributed by atoms with Gasteiger partial charge in [0.05, 0.1) is 0 Å². The van der Waals surface area contributed by atoms with Crippen LogP contribution in [0.4, 0.5) is 0 Å². The molecule has 1 unspecified atom stereocenters. The van der Waals surface area contributed by atoms with Gasteiger partial charge in [-0.25, -0.2) is 4.84 Å². The molecule has 0 saturated heterocycles. The van der Waals surface area contributed by atoms with Crippen molar-refractivity contribution >= 4 is 11.8 Å². The second kappa shape index (κ2) is 18.0. The van der Waals surface area contributed by atoms with Crippen molar-refractivity contribution in [3.63, 3.8) is 0 Å². The summed E-state index contributed by atoms with van der Waals surface area (Å²) in [5, 5.41) is 8.90. The van der Waals surface area contributed by atoms with Gasteiger partial charge >= 0.3 is 0 Å². The molecule has 0 aromatic carbocycles. The third-order valence-corrected chi connectivity index (χ3v) is 5.47. The van der Waals surface area contributed by atoms with Gasteiger partial charge in [0, 0.05) is 13.2 Å². The smallest absolute Gasteiger partial charge is 0.0431 e. The molecule has 0 aliphatic heterocycles. The Labute approximate surface area is 157 Å². The Kier molecular flexibility index (Phi) is 18.2. The average molecular weight is 362 g/mol. The largest absolute Gasteiger partial charge is 0.396 e. The highest BCUT2D eigenvalue weighted by atomic mass is 35.5. The standard InChI is InChI=1S/C21H44ClNO/c1-19(12-9-7-5-4-6-8-10-16-23-22)14-15-21(3)18-20(2)13-11-17-24/h19-21,23-24H,4-18H2,1-3H3/t19?,20-,21-/m0/s1. The fourth-order valence-corrected chi connectivity index (χ4v) is 3.78. The molecule has 2 nitrogen and oxygen atoms in total. The van der Waals surface area contributed by atoms with E-state index in [-0.39, 0.29) is 0 Å². The Morgan fingerprint density at radius 3 is 1.79 bits per heavy atom. The van der Waals surface area contributed by atoms with Gasteiger partial charge in [0.1, 0.15) is 0 Å². The molecule has 0 aromatic rings. The van der Waals surface area contributed by atoms with Gasteiger partial charge in [-0.15, -0.1) is 0 Å². The molecule has 24 heavy (non-hydrogen) atoms. The zero-order chi connectivity index (χ0) is 18.0. The topological polar surface area (TPSA) is 32.3 Å². The summed E-state index contributed by atoms with van der Waals surface area (Å²) in [6.45, 7) is 8.46. The summed E-state index contributed by atoms with van der Waals surface area (Å²) in [4.78, 5) is 2.69. The minimum absolute atomic E-state index is 0.348. The first-order chi connectivity index (χ1) is 11.6. The van der Waals surface area contributed by atoms with Crippen LogP contribution < -0.4 is 4.84 Å². The highest BCUT2D eigenvalue weighted by molar-refractivity contribution is 6.13. The SMILES string of the molecule is CC(CCCCCCCCCNCl)CC[C@H](C)C[C@@H](C)CCCO. The quantitative estimate of drug-likeness (QED) is 0.210. The number of nitrogens with one attached hydrogen (secondary N) is 1. The van der Waals surface area contributed by atoms with Crippen LogP contribution in [0, 0.1) is 17.8 Å². The van der Waals surface area contributed by atoms with Crippen molar-refractivity contribution in [2.45, 2.75) is 104 Å². The van der Waals surface area contributed by atoms with Crippen molar-refractivity contribution in [2.24, 2.45) is 17.8 Å². The summed E-state index contributed by atoms with van der Waals surface area (Å²) in [6.07, 6.45) is 17.1. The fraction of sp³-hybridized carbons (Fsp3) is 1.00. The van der Waals surface area contributed by atoms with Crippen molar-refractivity contribution in [1.29, 1.82) is 0 Å². The van der Waals surface area contributed by atoms with Crippen LogP contribution in [0.3, 0.4) is 0 Å². The number of rotatable bonds is 18. The van der Waals surface area contributed by atoms with Crippen LogP contribution in [0.2, 0.25) is 0 Å². The molecule has 0 radical (unpaired) electrons. The molecule has 0 heterocycles. The summed E-state index contributed by atoms with van der Waals surface area (Å²) in [7, 11) is 0. The molecule has 0 bridgehead atoms. The van der Waals surface area contributed by atoms with Crippen LogP contribution in [0.25, 0.3) is 0 Å². The third-order valence-electron chi connectivity index (χ3n) is 5.28. The van der Waals surface area contributed by atoms with Crippen LogP contribution in [-0.4, -0.2) is 18.3 Å². The lowest BCUT2D eigenvalue weighted by atomic mass is 9.87. The molecule has 0 aliphatic rings. The summed E-state index contributed by atoms with van der Waals surface area (Å²) in [5.41, 5.74) is 0. The van der Waals surface area contributed by atoms with Crippen molar-refractivity contribution in [3.05, 3.63) is 0 Å². The molecule has 3 heteroatoms. The number of halogens is 1. The van der Waals surface area contributed by atoms with E-state index in [1.807, 2.05) is 0 Å². The maximum absolute atomic E-state index is 8.90. The first-order valence-corrected chi connectivity index (χ1v) is 10.9. The van der Waals surface area contributed by atoms with Gasteiger partial charge in [0.15, 0.2) is 0 Å². The Hall–Kier alpha value is 0.210. The zero-order valence-electron chi connectivity index (χ0n) is 16.7. The molecular formula is C21H44ClNO. The molecule has 146 valence electrons. The van der Waals surface area contributed by atoms with E-state index in [9.17, 15) is 0 Å². The van der Waals surface area contributed by atoms with Gasteiger partial charge in [-0.3, -0.25) is 0 Å². The zero-order valence-corrected chi connectivity index (χ0v) is 17.4. The summed E-state index contributed by atoms with van der Waals surface area (Å²) in [5.74, 6) is 2.49. The molecule has 0 amide bonds. The highest BCUT2D eigenvalue weighted by Gasteiger charge is 2.10. The van der Waals surface area contributed by atoms with E-state index in [1.54, 1.807) is 0 Å². The van der Waals surface area contributed by atoms with E-state index in [0.29, 0.717) is 6.61 Å². The van der Waals surface area contributed by atoms with Crippen LogP contribution in [0.15, 0.2) is 0 Å². The minimum Gasteiger partial charge on any atom is -0.396 e. The number of unbranched alkanes of at least 4 members (excludes halogenated alkanes) is 6. The molecule has 0 spiro atoms. The maximum atomic E-state index is 8.90. The second-order valence-corrected chi connectivity index (χ2v) is 8.41. The highest BCUT2D eigenvalue weighted by Crippen LogP contribution is 2.24. The van der Waals surface area contributed by atoms with E-state index in [0.717, 1.165) is 30.7 Å². The van der Waals surface area contributed by atoms with Crippen molar-refractivity contribution < 1.29 is 5.11 Å². The molecule has 2 N–H and O–H groups in total. The maximum Gasteiger partial charge on any atom is 0.0431 e. The first kappa shape index (κ1) is 24.2. The van der Waals surface area contributed by atoms with Crippen LogP contribution >= 0.6 is 11.8 Å². The molecule has 0 aliphatic carbocycles. The monoisotopic (exact) mass is 361 g/mol. The Morgan fingerprint density at radius 1 is 0.667 bits per heavy atom. The fourth-order valence-electron chi connectivity index (χ4n) is 3.64. The predicted octanol–water partition coefficient (Wildman–Crippen LogP) is 6.70. The summed E-state index contributed by atoms with van der Waals surface area (Å²) >= 11 is 5.44. The number of hydrogen-bond acceptors (Lipinski definition) is 2. The molecule has 0 saturated carbocycles. The van der Waals surface area contributed by atoms with Gasteiger partial charge in [0.25, 0.3) is 0 Å². The lowest BCUT2D eigenvalue weighted by Gasteiger charge is -2.19. The third kappa shape index (κ3) is 17.0. The van der Waals surface area contributed by atoms with Gasteiger partial charge in [-0.2, -0.15) is 0 Å². The van der Waals surface area contributed by atoms with Gasteiger partial charge in [-0.05, 0) is 55.2 Å². The Bertz CT molecular complexity index is 250. The van der Waals surface area contributed by atoms with Crippen molar-refractivity contribution in [1.82, 2.24) is 4.84 Å². The summed E-state index contributed by atoms with van der Waals surface area (Å²) < 4.78 is 0. The molecule has 3 atom stereocenters. The van der Waals surface area contributed by atoms with E-state index in [4.69, 9.17) is 16.9 Å². The van der Waals surface area contributed by atoms with Crippen LogP contribution in [-0.2, 0) is 0 Å². The lowest BCUT2D eigenvalue weighted by molar-refractivity contribution is 0.262. The van der Waals surface area contributed by atoms with E-state index >= 15 is 0 Å². The predicted molar refractivity (Wildman–Crippen MR) is 108 cm³/mol. The van der Waals surface area contributed by atoms with Crippen LogP contribution in [0.1, 0.15) is 104 Å². The van der Waals surface area contributed by atoms with Crippen LogP contribution in [0.5, 0.6) is 0 Å². The number of aliphatic hydroxyl groups is 1. The van der Waals surface area contributed by atoms with Gasteiger partial charge in [0.2, 0.25) is 0 Å². The normalized spacial score (nSPS) is 15.4. The summed E-state index contributed by atoms with van der Waals surface area (Å²) in [6, 6.07) is 0. The second-order valence-electron chi connectivity index (χ2n) is 8.14. The van der Waals surface area contributed by atoms with Crippen molar-refractivity contribution in [3.8, 4) is 0 Å². The molecule has 0 fully saturated rings. The molecule has 0 aromatic heterocycles. The van der Waals surface area contributed by atoms with Crippen molar-refractivity contribution in [2.75, 3.05) is 13.2 Å². The van der Waals surface area contributed by atoms with E-state index in [2.05, 4.69) is 25.6 Å². The molecular weight excluding hydrogens is 318 g/mol. The average Bonchev–Trinajstić information content (AvgIpc) is 2.56. The number of aliphatic hydroxyl groups excluding tert-OH is 1. The van der Waals surface area contributed by atoms with Gasteiger partial charge in [-0.1, -0.05) is 78.6 Å². The Balaban J connectivity index is 3.41. The molecule has 0 rings (SSSR count). The van der Waals surface area contributed by atoms with E-state index in [1.165, 1.54) is 77.0 Å². The van der Waals surface area contributed by atoms with Gasteiger partial charge < -0.3 is 5.11 Å². The Morgan fingerprint density at radius 2 is 1.17 bits per heavy atom. The first-order valence-electron chi connectivity index (χ1n) is 10.5. The minimum atomic E-state index is 0.348. The van der Waals surface area contributed by atoms with E-state index < -0.39 is 0 Å². The lowest BCUT2D eigenvalue weighted by Crippen LogP contribution is -2.06. The number of hydrogen-bond donors (Lipinski definition) is 2.